The standard InChI is InChI=1S/C26H24FNO4/c1-28(24(25(29)30)14-13-17-7-6-8-18(27)15-17)26(31)32-16-23-21-11-4-2-9-19(21)20-10-3-5-12-22(20)23/h2-12,15,23-24H,13-14,16H2,1H3,(H,29,30)/t24-/m0/s1. The van der Waals surface area contributed by atoms with Gasteiger partial charge < -0.3 is 9.84 Å². The van der Waals surface area contributed by atoms with Crippen molar-refractivity contribution in [3.05, 3.63) is 95.3 Å². The zero-order valence-electron chi connectivity index (χ0n) is 17.7. The second-order valence-electron chi connectivity index (χ2n) is 7.94. The van der Waals surface area contributed by atoms with Crippen LogP contribution in [0.5, 0.6) is 0 Å². The molecule has 5 nitrogen and oxygen atoms in total. The summed E-state index contributed by atoms with van der Waals surface area (Å²) in [4.78, 5) is 25.6. The van der Waals surface area contributed by atoms with Gasteiger partial charge in [0.25, 0.3) is 0 Å². The summed E-state index contributed by atoms with van der Waals surface area (Å²) < 4.78 is 19.0. The Labute approximate surface area is 186 Å². The highest BCUT2D eigenvalue weighted by Gasteiger charge is 2.31. The molecular weight excluding hydrogens is 409 g/mol. The molecule has 0 spiro atoms. The van der Waals surface area contributed by atoms with Crippen LogP contribution in [0.2, 0.25) is 0 Å². The minimum atomic E-state index is -1.13. The fourth-order valence-corrected chi connectivity index (χ4v) is 4.30. The van der Waals surface area contributed by atoms with Gasteiger partial charge in [-0.15, -0.1) is 0 Å². The Morgan fingerprint density at radius 2 is 1.62 bits per heavy atom. The Balaban J connectivity index is 1.43. The van der Waals surface area contributed by atoms with Crippen molar-refractivity contribution in [1.82, 2.24) is 4.90 Å². The first-order valence-corrected chi connectivity index (χ1v) is 10.5. The van der Waals surface area contributed by atoms with Gasteiger partial charge in [-0.25, -0.2) is 14.0 Å². The van der Waals surface area contributed by atoms with E-state index in [2.05, 4.69) is 12.1 Å². The third-order valence-electron chi connectivity index (χ3n) is 5.97. The number of amides is 1. The molecule has 0 aromatic heterocycles. The van der Waals surface area contributed by atoms with Crippen molar-refractivity contribution in [1.29, 1.82) is 0 Å². The van der Waals surface area contributed by atoms with Crippen molar-refractivity contribution in [3.8, 4) is 11.1 Å². The van der Waals surface area contributed by atoms with Crippen molar-refractivity contribution < 1.29 is 23.8 Å². The highest BCUT2D eigenvalue weighted by molar-refractivity contribution is 5.81. The van der Waals surface area contributed by atoms with E-state index >= 15 is 0 Å². The number of benzene rings is 3. The molecule has 0 saturated heterocycles. The van der Waals surface area contributed by atoms with Crippen LogP contribution in [0.4, 0.5) is 9.18 Å². The third-order valence-corrected chi connectivity index (χ3v) is 5.97. The van der Waals surface area contributed by atoms with Crippen LogP contribution >= 0.6 is 0 Å². The van der Waals surface area contributed by atoms with Crippen molar-refractivity contribution in [2.24, 2.45) is 0 Å². The van der Waals surface area contributed by atoms with Crippen LogP contribution in [0.15, 0.2) is 72.8 Å². The van der Waals surface area contributed by atoms with E-state index in [0.29, 0.717) is 12.0 Å². The Hall–Kier alpha value is -3.67. The summed E-state index contributed by atoms with van der Waals surface area (Å²) in [5, 5.41) is 9.64. The highest BCUT2D eigenvalue weighted by Crippen LogP contribution is 2.44. The van der Waals surface area contributed by atoms with Gasteiger partial charge in [0.15, 0.2) is 0 Å². The maximum Gasteiger partial charge on any atom is 0.410 e. The second-order valence-corrected chi connectivity index (χ2v) is 7.94. The van der Waals surface area contributed by atoms with E-state index in [4.69, 9.17) is 4.74 Å². The fourth-order valence-electron chi connectivity index (χ4n) is 4.30. The number of carboxylic acids is 1. The number of carboxylic acid groups (broad SMARTS) is 1. The summed E-state index contributed by atoms with van der Waals surface area (Å²) in [5.74, 6) is -1.60. The molecular formula is C26H24FNO4. The van der Waals surface area contributed by atoms with Crippen LogP contribution < -0.4 is 0 Å². The van der Waals surface area contributed by atoms with Crippen molar-refractivity contribution >= 4 is 12.1 Å². The van der Waals surface area contributed by atoms with Gasteiger partial charge in [-0.1, -0.05) is 60.7 Å². The largest absolute Gasteiger partial charge is 0.480 e. The Bertz CT molecular complexity index is 1100. The van der Waals surface area contributed by atoms with Crippen LogP contribution in [0.25, 0.3) is 11.1 Å². The molecule has 0 aliphatic heterocycles. The van der Waals surface area contributed by atoms with Crippen LogP contribution in [-0.2, 0) is 16.0 Å². The zero-order chi connectivity index (χ0) is 22.7. The lowest BCUT2D eigenvalue weighted by Gasteiger charge is -2.25. The van der Waals surface area contributed by atoms with E-state index in [0.717, 1.165) is 27.2 Å². The zero-order valence-corrected chi connectivity index (χ0v) is 17.7. The molecule has 1 N–H and O–H groups in total. The SMILES string of the molecule is CN(C(=O)OCC1c2ccccc2-c2ccccc21)[C@@H](CCc1cccc(F)c1)C(=O)O. The summed E-state index contributed by atoms with van der Waals surface area (Å²) in [5.41, 5.74) is 5.10. The first-order chi connectivity index (χ1) is 15.5. The van der Waals surface area contributed by atoms with E-state index < -0.39 is 18.1 Å². The van der Waals surface area contributed by atoms with Crippen LogP contribution in [0, 0.1) is 5.82 Å². The van der Waals surface area contributed by atoms with E-state index in [1.54, 1.807) is 12.1 Å². The number of carbonyl (C=O) groups excluding carboxylic acids is 1. The molecule has 1 amide bonds. The second kappa shape index (κ2) is 9.22. The topological polar surface area (TPSA) is 66.8 Å². The van der Waals surface area contributed by atoms with E-state index in [1.807, 2.05) is 36.4 Å². The molecule has 0 bridgehead atoms. The summed E-state index contributed by atoms with van der Waals surface area (Å²) in [7, 11) is 1.42. The number of likely N-dealkylation sites (N-methyl/N-ethyl adjacent to an activating group) is 1. The Morgan fingerprint density at radius 3 is 2.22 bits per heavy atom. The van der Waals surface area contributed by atoms with Gasteiger partial charge in [0.05, 0.1) is 0 Å². The maximum absolute atomic E-state index is 13.4. The number of aliphatic carboxylic acids is 1. The molecule has 1 aliphatic rings. The number of hydrogen-bond donors (Lipinski definition) is 1. The van der Waals surface area contributed by atoms with Crippen LogP contribution in [0.1, 0.15) is 29.0 Å². The monoisotopic (exact) mass is 433 g/mol. The van der Waals surface area contributed by atoms with Gasteiger partial charge in [0.2, 0.25) is 0 Å². The molecule has 1 aliphatic carbocycles. The molecule has 0 unspecified atom stereocenters. The van der Waals surface area contributed by atoms with E-state index in [9.17, 15) is 19.1 Å². The van der Waals surface area contributed by atoms with Gasteiger partial charge in [-0.2, -0.15) is 0 Å². The molecule has 164 valence electrons. The van der Waals surface area contributed by atoms with E-state index in [1.165, 1.54) is 19.2 Å². The molecule has 3 aromatic carbocycles. The van der Waals surface area contributed by atoms with Gasteiger partial charge in [-0.05, 0) is 52.8 Å². The first kappa shape index (κ1) is 21.6. The van der Waals surface area contributed by atoms with Crippen molar-refractivity contribution in [3.63, 3.8) is 0 Å². The van der Waals surface area contributed by atoms with Crippen LogP contribution in [-0.4, -0.2) is 41.8 Å². The highest BCUT2D eigenvalue weighted by atomic mass is 19.1. The number of hydrogen-bond acceptors (Lipinski definition) is 3. The average molecular weight is 433 g/mol. The predicted molar refractivity (Wildman–Crippen MR) is 119 cm³/mol. The summed E-state index contributed by atoms with van der Waals surface area (Å²) in [6, 6.07) is 21.0. The fraction of sp³-hybridized carbons (Fsp3) is 0.231. The van der Waals surface area contributed by atoms with Crippen molar-refractivity contribution in [2.75, 3.05) is 13.7 Å². The molecule has 0 saturated carbocycles. The number of rotatable bonds is 7. The summed E-state index contributed by atoms with van der Waals surface area (Å²) >= 11 is 0. The average Bonchev–Trinajstić information content (AvgIpc) is 3.11. The van der Waals surface area contributed by atoms with Crippen molar-refractivity contribution in [2.45, 2.75) is 24.8 Å². The molecule has 0 heterocycles. The summed E-state index contributed by atoms with van der Waals surface area (Å²) in [6.45, 7) is 0.118. The molecule has 0 radical (unpaired) electrons. The van der Waals surface area contributed by atoms with Gasteiger partial charge in [0, 0.05) is 13.0 Å². The minimum Gasteiger partial charge on any atom is -0.480 e. The molecule has 4 rings (SSSR count). The molecule has 32 heavy (non-hydrogen) atoms. The number of aryl methyl sites for hydroxylation is 1. The number of fused-ring (bicyclic) bond motifs is 3. The Morgan fingerprint density at radius 1 is 1.00 bits per heavy atom. The maximum atomic E-state index is 13.4. The lowest BCUT2D eigenvalue weighted by Crippen LogP contribution is -2.43. The van der Waals surface area contributed by atoms with Gasteiger partial charge in [0.1, 0.15) is 18.5 Å². The number of ether oxygens (including phenoxy) is 1. The minimum absolute atomic E-state index is 0.102. The molecule has 6 heteroatoms. The normalized spacial score (nSPS) is 13.2. The smallest absolute Gasteiger partial charge is 0.410 e. The van der Waals surface area contributed by atoms with Gasteiger partial charge >= 0.3 is 12.1 Å². The number of carbonyl (C=O) groups is 2. The van der Waals surface area contributed by atoms with Gasteiger partial charge in [-0.3, -0.25) is 4.90 Å². The third kappa shape index (κ3) is 4.35. The van der Waals surface area contributed by atoms with Crippen LogP contribution in [0.3, 0.4) is 0 Å². The lowest BCUT2D eigenvalue weighted by molar-refractivity contribution is -0.142. The predicted octanol–water partition coefficient (Wildman–Crippen LogP) is 5.09. The Kier molecular flexibility index (Phi) is 6.21. The molecule has 1 atom stereocenters. The first-order valence-electron chi connectivity index (χ1n) is 10.5. The quantitative estimate of drug-likeness (QED) is 0.564. The lowest BCUT2D eigenvalue weighted by atomic mass is 9.98. The van der Waals surface area contributed by atoms with E-state index in [-0.39, 0.29) is 24.8 Å². The molecule has 3 aromatic rings. The number of nitrogens with zero attached hydrogens (tertiary/aromatic N) is 1. The summed E-state index contributed by atoms with van der Waals surface area (Å²) in [6.07, 6.45) is -0.214. The molecule has 0 fully saturated rings. The number of halogens is 1.